The van der Waals surface area contributed by atoms with Gasteiger partial charge in [0.05, 0.1) is 6.54 Å². The van der Waals surface area contributed by atoms with Crippen LogP contribution in [0.4, 0.5) is 0 Å². The molecule has 2 N–H and O–H groups in total. The highest BCUT2D eigenvalue weighted by atomic mass is 32.1. The molecule has 1 atom stereocenters. The minimum atomic E-state index is -0.565. The first-order valence-corrected chi connectivity index (χ1v) is 9.78. The number of nitrogens with one attached hydrogen (secondary N) is 2. The van der Waals surface area contributed by atoms with Gasteiger partial charge in [-0.3, -0.25) is 9.59 Å². The van der Waals surface area contributed by atoms with E-state index in [1.165, 1.54) is 5.56 Å². The summed E-state index contributed by atoms with van der Waals surface area (Å²) >= 11 is 1.60. The first kappa shape index (κ1) is 20.2. The van der Waals surface area contributed by atoms with E-state index in [1.807, 2.05) is 55.6 Å². The average Bonchev–Trinajstić information content (AvgIpc) is 3.10. The first-order chi connectivity index (χ1) is 12.2. The number of benzene rings is 1. The van der Waals surface area contributed by atoms with Gasteiger partial charge in [0.15, 0.2) is 0 Å². The monoisotopic (exact) mass is 372 g/mol. The molecule has 140 valence electrons. The highest BCUT2D eigenvalue weighted by molar-refractivity contribution is 7.09. The quantitative estimate of drug-likeness (QED) is 0.801. The Labute approximate surface area is 160 Å². The topological polar surface area (TPSA) is 58.2 Å². The molecule has 0 saturated carbocycles. The second kappa shape index (κ2) is 8.49. The molecule has 2 rings (SSSR count). The third kappa shape index (κ3) is 5.43. The molecule has 4 nitrogen and oxygen atoms in total. The molecule has 0 spiro atoms. The highest BCUT2D eigenvalue weighted by Crippen LogP contribution is 2.22. The van der Waals surface area contributed by atoms with Crippen molar-refractivity contribution in [3.05, 3.63) is 57.8 Å². The van der Waals surface area contributed by atoms with E-state index in [-0.39, 0.29) is 23.1 Å². The molecule has 26 heavy (non-hydrogen) atoms. The van der Waals surface area contributed by atoms with Crippen molar-refractivity contribution in [1.82, 2.24) is 10.6 Å². The number of carbonyl (C=O) groups excluding carboxylic acids is 2. The molecule has 0 radical (unpaired) electrons. The molecule has 0 fully saturated rings. The van der Waals surface area contributed by atoms with Crippen molar-refractivity contribution < 1.29 is 9.59 Å². The van der Waals surface area contributed by atoms with Crippen LogP contribution in [0.3, 0.4) is 0 Å². The van der Waals surface area contributed by atoms with Gasteiger partial charge in [0.1, 0.15) is 6.04 Å². The summed E-state index contributed by atoms with van der Waals surface area (Å²) in [5.74, 6) is -0.389. The number of rotatable bonds is 6. The zero-order chi connectivity index (χ0) is 19.3. The van der Waals surface area contributed by atoms with Gasteiger partial charge in [-0.15, -0.1) is 11.3 Å². The first-order valence-electron chi connectivity index (χ1n) is 8.90. The second-order valence-corrected chi connectivity index (χ2v) is 8.85. The molecule has 2 amide bonds. The van der Waals surface area contributed by atoms with Gasteiger partial charge in [-0.25, -0.2) is 0 Å². The molecule has 2 aromatic rings. The van der Waals surface area contributed by atoms with Crippen LogP contribution in [0, 0.1) is 5.92 Å². The van der Waals surface area contributed by atoms with Gasteiger partial charge < -0.3 is 10.6 Å². The molecule has 1 aromatic heterocycles. The Morgan fingerprint density at radius 1 is 1.08 bits per heavy atom. The molecule has 5 heteroatoms. The van der Waals surface area contributed by atoms with E-state index in [0.29, 0.717) is 12.1 Å². The van der Waals surface area contributed by atoms with Gasteiger partial charge in [-0.2, -0.15) is 0 Å². The van der Waals surface area contributed by atoms with Crippen LogP contribution in [-0.4, -0.2) is 17.9 Å². The van der Waals surface area contributed by atoms with Crippen molar-refractivity contribution in [2.75, 3.05) is 0 Å². The lowest BCUT2D eigenvalue weighted by Gasteiger charge is -2.22. The van der Waals surface area contributed by atoms with E-state index in [9.17, 15) is 9.59 Å². The number of hydrogen-bond donors (Lipinski definition) is 2. The minimum absolute atomic E-state index is 0.00358. The van der Waals surface area contributed by atoms with Crippen molar-refractivity contribution in [1.29, 1.82) is 0 Å². The van der Waals surface area contributed by atoms with Crippen molar-refractivity contribution in [3.63, 3.8) is 0 Å². The molecular weight excluding hydrogens is 344 g/mol. The number of amides is 2. The van der Waals surface area contributed by atoms with E-state index in [4.69, 9.17) is 0 Å². The van der Waals surface area contributed by atoms with E-state index < -0.39 is 6.04 Å². The summed E-state index contributed by atoms with van der Waals surface area (Å²) in [4.78, 5) is 26.2. The molecule has 0 bridgehead atoms. The van der Waals surface area contributed by atoms with Crippen LogP contribution in [-0.2, 0) is 16.8 Å². The number of thiophene rings is 1. The fourth-order valence-corrected chi connectivity index (χ4v) is 3.22. The van der Waals surface area contributed by atoms with E-state index in [2.05, 4.69) is 31.4 Å². The van der Waals surface area contributed by atoms with Gasteiger partial charge in [0.25, 0.3) is 5.91 Å². The van der Waals surface area contributed by atoms with Crippen LogP contribution < -0.4 is 10.6 Å². The predicted octanol–water partition coefficient (Wildman–Crippen LogP) is 4.12. The average molecular weight is 373 g/mol. The smallest absolute Gasteiger partial charge is 0.251 e. The van der Waals surface area contributed by atoms with Crippen LogP contribution >= 0.6 is 11.3 Å². The standard InChI is InChI=1S/C21H28N2O2S/c1-14(2)18(20(25)22-13-17-7-6-12-26-17)23-19(24)15-8-10-16(11-9-15)21(3,4)5/h6-12,14,18H,13H2,1-5H3,(H,22,25)(H,23,24)/t18-/m1/s1. The summed E-state index contributed by atoms with van der Waals surface area (Å²) in [5, 5.41) is 7.76. The number of hydrogen-bond acceptors (Lipinski definition) is 3. The lowest BCUT2D eigenvalue weighted by atomic mass is 9.86. The molecule has 0 aliphatic heterocycles. The minimum Gasteiger partial charge on any atom is -0.349 e. The summed E-state index contributed by atoms with van der Waals surface area (Å²) < 4.78 is 0. The summed E-state index contributed by atoms with van der Waals surface area (Å²) in [6.07, 6.45) is 0. The summed E-state index contributed by atoms with van der Waals surface area (Å²) in [7, 11) is 0. The van der Waals surface area contributed by atoms with Crippen molar-refractivity contribution in [2.45, 2.75) is 52.6 Å². The molecule has 0 unspecified atom stereocenters. The second-order valence-electron chi connectivity index (χ2n) is 7.82. The fraction of sp³-hybridized carbons (Fsp3) is 0.429. The van der Waals surface area contributed by atoms with Crippen LogP contribution in [0.2, 0.25) is 0 Å². The van der Waals surface area contributed by atoms with Crippen LogP contribution in [0.25, 0.3) is 0 Å². The fourth-order valence-electron chi connectivity index (χ4n) is 2.58. The zero-order valence-electron chi connectivity index (χ0n) is 16.1. The summed E-state index contributed by atoms with van der Waals surface area (Å²) in [6.45, 7) is 10.7. The molecule has 1 heterocycles. The zero-order valence-corrected chi connectivity index (χ0v) is 16.9. The van der Waals surface area contributed by atoms with Gasteiger partial charge in [-0.1, -0.05) is 52.8 Å². The molecular formula is C21H28N2O2S. The number of carbonyl (C=O) groups is 2. The third-order valence-electron chi connectivity index (χ3n) is 4.27. The molecule has 0 aliphatic carbocycles. The summed E-state index contributed by atoms with van der Waals surface area (Å²) in [6, 6.07) is 10.9. The van der Waals surface area contributed by atoms with Gasteiger partial charge >= 0.3 is 0 Å². The lowest BCUT2D eigenvalue weighted by molar-refractivity contribution is -0.124. The molecule has 0 aliphatic rings. The SMILES string of the molecule is CC(C)[C@@H](NC(=O)c1ccc(C(C)(C)C)cc1)C(=O)NCc1cccs1. The predicted molar refractivity (Wildman–Crippen MR) is 107 cm³/mol. The van der Waals surface area contributed by atoms with Crippen molar-refractivity contribution in [3.8, 4) is 0 Å². The van der Waals surface area contributed by atoms with Crippen LogP contribution in [0.5, 0.6) is 0 Å². The summed E-state index contributed by atoms with van der Waals surface area (Å²) in [5.41, 5.74) is 1.77. The molecule has 0 saturated heterocycles. The Morgan fingerprint density at radius 3 is 2.23 bits per heavy atom. The van der Waals surface area contributed by atoms with Gasteiger partial charge in [-0.05, 0) is 40.5 Å². The Hall–Kier alpha value is -2.14. The molecule has 1 aromatic carbocycles. The van der Waals surface area contributed by atoms with Crippen LogP contribution in [0.1, 0.15) is 55.4 Å². The van der Waals surface area contributed by atoms with Gasteiger partial charge in [0, 0.05) is 10.4 Å². The van der Waals surface area contributed by atoms with Crippen LogP contribution in [0.15, 0.2) is 41.8 Å². The largest absolute Gasteiger partial charge is 0.349 e. The lowest BCUT2D eigenvalue weighted by Crippen LogP contribution is -2.49. The Balaban J connectivity index is 2.01. The van der Waals surface area contributed by atoms with Gasteiger partial charge in [0.2, 0.25) is 5.91 Å². The Morgan fingerprint density at radius 2 is 1.73 bits per heavy atom. The van der Waals surface area contributed by atoms with Crippen molar-refractivity contribution >= 4 is 23.2 Å². The van der Waals surface area contributed by atoms with E-state index in [1.54, 1.807) is 11.3 Å². The van der Waals surface area contributed by atoms with Crippen molar-refractivity contribution in [2.24, 2.45) is 5.92 Å². The Bertz CT molecular complexity index is 728. The third-order valence-corrected chi connectivity index (χ3v) is 5.14. The Kier molecular flexibility index (Phi) is 6.59. The maximum Gasteiger partial charge on any atom is 0.251 e. The highest BCUT2D eigenvalue weighted by Gasteiger charge is 2.24. The maximum absolute atomic E-state index is 12.6. The van der Waals surface area contributed by atoms with E-state index in [0.717, 1.165) is 4.88 Å². The van der Waals surface area contributed by atoms with E-state index >= 15 is 0 Å². The maximum atomic E-state index is 12.6. The normalized spacial score (nSPS) is 12.7.